The Balaban J connectivity index is 2.84. The van der Waals surface area contributed by atoms with Gasteiger partial charge in [0.25, 0.3) is 0 Å². The van der Waals surface area contributed by atoms with Gasteiger partial charge in [-0.15, -0.1) is 0 Å². The van der Waals surface area contributed by atoms with Crippen LogP contribution in [0.5, 0.6) is 0 Å². The Morgan fingerprint density at radius 2 is 2.16 bits per heavy atom. The van der Waals surface area contributed by atoms with E-state index in [1.807, 2.05) is 0 Å². The normalized spacial score (nSPS) is 11.7. The highest BCUT2D eigenvalue weighted by atomic mass is 35.5. The molecular formula is C10H10ClF3N4S. The number of rotatable bonds is 2. The zero-order valence-electron chi connectivity index (χ0n) is 9.99. The first kappa shape index (κ1) is 15.6. The molecule has 0 aliphatic carbocycles. The fourth-order valence-corrected chi connectivity index (χ4v) is 1.34. The smallest absolute Gasteiger partial charge is 0.369 e. The number of aromatic nitrogens is 1. The quantitative estimate of drug-likeness (QED) is 0.518. The minimum Gasteiger partial charge on any atom is -0.369 e. The molecule has 0 aliphatic rings. The third-order valence-corrected chi connectivity index (χ3v) is 2.30. The van der Waals surface area contributed by atoms with Gasteiger partial charge in [-0.2, -0.15) is 13.2 Å². The van der Waals surface area contributed by atoms with E-state index in [-0.39, 0.29) is 16.0 Å². The maximum atomic E-state index is 12.4. The van der Waals surface area contributed by atoms with Crippen LogP contribution in [0.2, 0.25) is 5.02 Å². The zero-order valence-corrected chi connectivity index (χ0v) is 11.6. The van der Waals surface area contributed by atoms with Crippen LogP contribution in [0.4, 0.5) is 19.0 Å². The summed E-state index contributed by atoms with van der Waals surface area (Å²) in [6, 6.07) is 0.773. The molecule has 1 N–H and O–H groups in total. The Morgan fingerprint density at radius 3 is 2.63 bits per heavy atom. The highest BCUT2D eigenvalue weighted by molar-refractivity contribution is 7.80. The maximum Gasteiger partial charge on any atom is 0.417 e. The molecule has 0 aliphatic heterocycles. The Kier molecular flexibility index (Phi) is 5.07. The number of alkyl halides is 3. The van der Waals surface area contributed by atoms with Gasteiger partial charge in [0.2, 0.25) is 0 Å². The summed E-state index contributed by atoms with van der Waals surface area (Å²) in [6.45, 7) is 0. The molecule has 1 heterocycles. The molecule has 0 saturated heterocycles. The molecule has 4 nitrogen and oxygen atoms in total. The summed E-state index contributed by atoms with van der Waals surface area (Å²) in [5.41, 5.74) is -0.925. The summed E-state index contributed by atoms with van der Waals surface area (Å²) in [4.78, 5) is 9.05. The van der Waals surface area contributed by atoms with E-state index in [1.165, 1.54) is 6.34 Å². The maximum absolute atomic E-state index is 12.4. The summed E-state index contributed by atoms with van der Waals surface area (Å²) >= 11 is 10.6. The number of thiocarbonyl (C=S) groups is 1. The third-order valence-electron chi connectivity index (χ3n) is 1.80. The molecule has 1 aromatic rings. The molecule has 19 heavy (non-hydrogen) atoms. The molecular weight excluding hydrogens is 301 g/mol. The zero-order chi connectivity index (χ0) is 14.6. The molecule has 0 radical (unpaired) electrons. The van der Waals surface area contributed by atoms with Crippen molar-refractivity contribution in [3.05, 3.63) is 22.8 Å². The van der Waals surface area contributed by atoms with Crippen molar-refractivity contribution in [2.24, 2.45) is 4.99 Å². The van der Waals surface area contributed by atoms with Crippen molar-refractivity contribution in [1.82, 2.24) is 9.88 Å². The van der Waals surface area contributed by atoms with Gasteiger partial charge in [0.05, 0.1) is 16.9 Å². The van der Waals surface area contributed by atoms with Gasteiger partial charge in [-0.05, 0) is 18.3 Å². The lowest BCUT2D eigenvalue weighted by molar-refractivity contribution is -0.137. The summed E-state index contributed by atoms with van der Waals surface area (Å²) < 4.78 is 37.2. The Morgan fingerprint density at radius 1 is 1.53 bits per heavy atom. The first-order valence-electron chi connectivity index (χ1n) is 4.94. The van der Waals surface area contributed by atoms with Gasteiger partial charge in [-0.3, -0.25) is 0 Å². The summed E-state index contributed by atoms with van der Waals surface area (Å²) in [5.74, 6) is 0.0237. The molecule has 0 unspecified atom stereocenters. The molecule has 1 aromatic heterocycles. The van der Waals surface area contributed by atoms with Crippen LogP contribution < -0.4 is 5.32 Å². The second kappa shape index (κ2) is 6.16. The van der Waals surface area contributed by atoms with E-state index in [1.54, 1.807) is 19.0 Å². The lowest BCUT2D eigenvalue weighted by Crippen LogP contribution is -2.14. The molecule has 0 bridgehead atoms. The number of nitrogens with zero attached hydrogens (tertiary/aromatic N) is 3. The standard InChI is InChI=1S/C10H10ClF3N4S/c1-18(2)5-16-9(19)17-8-7(11)3-6(4-15-8)10(12,13)14/h3-5H,1-2H3,(H,15,17,19)/b16-5-. The van der Waals surface area contributed by atoms with E-state index in [2.05, 4.69) is 15.3 Å². The van der Waals surface area contributed by atoms with Crippen molar-refractivity contribution < 1.29 is 13.2 Å². The predicted octanol–water partition coefficient (Wildman–Crippen LogP) is 3.04. The number of hydrogen-bond acceptors (Lipinski definition) is 2. The average Bonchev–Trinajstić information content (AvgIpc) is 2.27. The molecule has 104 valence electrons. The predicted molar refractivity (Wildman–Crippen MR) is 72.6 cm³/mol. The largest absolute Gasteiger partial charge is 0.417 e. The van der Waals surface area contributed by atoms with E-state index < -0.39 is 11.7 Å². The monoisotopic (exact) mass is 310 g/mol. The SMILES string of the molecule is CN(C)/C=N\C(=S)Nc1ncc(C(F)(F)F)cc1Cl. The van der Waals surface area contributed by atoms with Gasteiger partial charge in [0.1, 0.15) is 0 Å². The number of anilines is 1. The molecule has 0 atom stereocenters. The second-order valence-corrected chi connectivity index (χ2v) is 4.48. The minimum atomic E-state index is -4.49. The van der Waals surface area contributed by atoms with Gasteiger partial charge in [0, 0.05) is 20.3 Å². The first-order chi connectivity index (χ1) is 8.70. The van der Waals surface area contributed by atoms with Crippen LogP contribution >= 0.6 is 23.8 Å². The molecule has 9 heteroatoms. The van der Waals surface area contributed by atoms with E-state index in [4.69, 9.17) is 23.8 Å². The van der Waals surface area contributed by atoms with Crippen LogP contribution in [0, 0.1) is 0 Å². The van der Waals surface area contributed by atoms with Gasteiger partial charge in [0.15, 0.2) is 10.9 Å². The van der Waals surface area contributed by atoms with Crippen LogP contribution in [-0.4, -0.2) is 35.4 Å². The van der Waals surface area contributed by atoms with Crippen molar-refractivity contribution >= 4 is 41.1 Å². The lowest BCUT2D eigenvalue weighted by atomic mass is 10.3. The highest BCUT2D eigenvalue weighted by Gasteiger charge is 2.31. The van der Waals surface area contributed by atoms with Gasteiger partial charge in [-0.1, -0.05) is 11.6 Å². The summed E-state index contributed by atoms with van der Waals surface area (Å²) in [6.07, 6.45) is -2.38. The van der Waals surface area contributed by atoms with Crippen molar-refractivity contribution in [2.45, 2.75) is 6.18 Å². The van der Waals surface area contributed by atoms with Crippen LogP contribution in [0.1, 0.15) is 5.56 Å². The van der Waals surface area contributed by atoms with E-state index in [9.17, 15) is 13.2 Å². The topological polar surface area (TPSA) is 40.5 Å². The first-order valence-corrected chi connectivity index (χ1v) is 5.73. The van der Waals surface area contributed by atoms with Gasteiger partial charge in [-0.25, -0.2) is 9.98 Å². The number of halogens is 4. The Hall–Kier alpha value is -1.41. The van der Waals surface area contributed by atoms with Crippen LogP contribution in [-0.2, 0) is 6.18 Å². The molecule has 0 fully saturated rings. The number of hydrogen-bond donors (Lipinski definition) is 1. The molecule has 0 saturated carbocycles. The second-order valence-electron chi connectivity index (χ2n) is 3.69. The lowest BCUT2D eigenvalue weighted by Gasteiger charge is -2.10. The summed E-state index contributed by atoms with van der Waals surface area (Å²) in [5, 5.41) is 2.40. The fraction of sp³-hybridized carbons (Fsp3) is 0.300. The van der Waals surface area contributed by atoms with Gasteiger partial charge >= 0.3 is 6.18 Å². The Bertz CT molecular complexity index is 502. The van der Waals surface area contributed by atoms with Crippen LogP contribution in [0.25, 0.3) is 0 Å². The number of pyridine rings is 1. The molecule has 0 amide bonds. The number of nitrogens with one attached hydrogen (secondary N) is 1. The van der Waals surface area contributed by atoms with E-state index in [0.29, 0.717) is 6.20 Å². The Labute approximate surface area is 118 Å². The molecule has 1 rings (SSSR count). The minimum absolute atomic E-state index is 0.0237. The highest BCUT2D eigenvalue weighted by Crippen LogP contribution is 2.32. The van der Waals surface area contributed by atoms with Crippen LogP contribution in [0.3, 0.4) is 0 Å². The summed E-state index contributed by atoms with van der Waals surface area (Å²) in [7, 11) is 3.49. The van der Waals surface area contributed by atoms with Crippen molar-refractivity contribution in [2.75, 3.05) is 19.4 Å². The van der Waals surface area contributed by atoms with Crippen molar-refractivity contribution in [3.8, 4) is 0 Å². The van der Waals surface area contributed by atoms with Crippen LogP contribution in [0.15, 0.2) is 17.3 Å². The van der Waals surface area contributed by atoms with Crippen molar-refractivity contribution in [3.63, 3.8) is 0 Å². The van der Waals surface area contributed by atoms with E-state index in [0.717, 1.165) is 6.07 Å². The van der Waals surface area contributed by atoms with Gasteiger partial charge < -0.3 is 10.2 Å². The average molecular weight is 311 g/mol. The van der Waals surface area contributed by atoms with Crippen molar-refractivity contribution in [1.29, 1.82) is 0 Å². The molecule has 0 aromatic carbocycles. The van der Waals surface area contributed by atoms with E-state index >= 15 is 0 Å². The third kappa shape index (κ3) is 4.99. The number of aliphatic imine (C=N–C) groups is 1. The molecule has 0 spiro atoms. The fourth-order valence-electron chi connectivity index (χ4n) is 0.986.